The van der Waals surface area contributed by atoms with Crippen LogP contribution in [0.1, 0.15) is 34.1 Å². The first-order chi connectivity index (χ1) is 9.06. The Labute approximate surface area is 114 Å². The van der Waals surface area contributed by atoms with Crippen molar-refractivity contribution in [2.24, 2.45) is 0 Å². The summed E-state index contributed by atoms with van der Waals surface area (Å²) < 4.78 is 0. The van der Waals surface area contributed by atoms with Crippen LogP contribution in [0, 0.1) is 10.1 Å². The van der Waals surface area contributed by atoms with Crippen LogP contribution in [0.15, 0.2) is 18.2 Å². The second kappa shape index (κ2) is 6.97. The van der Waals surface area contributed by atoms with E-state index in [0.717, 1.165) is 13.0 Å². The van der Waals surface area contributed by atoms with Crippen LogP contribution in [0.25, 0.3) is 0 Å². The summed E-state index contributed by atoms with van der Waals surface area (Å²) in [6, 6.07) is 5.73. The number of nitrogens with one attached hydrogen (secondary N) is 1. The average Bonchev–Trinajstić information content (AvgIpc) is 2.39. The highest BCUT2D eigenvalue weighted by Crippen LogP contribution is 2.36. The molecule has 0 aliphatic rings. The maximum absolute atomic E-state index is 11.4. The van der Waals surface area contributed by atoms with Crippen molar-refractivity contribution >= 4 is 17.1 Å². The van der Waals surface area contributed by atoms with Gasteiger partial charge in [0.1, 0.15) is 11.4 Å². The summed E-state index contributed by atoms with van der Waals surface area (Å²) in [7, 11) is 0. The minimum atomic E-state index is -0.293. The monoisotopic (exact) mass is 265 g/mol. The zero-order chi connectivity index (χ0) is 14.4. The summed E-state index contributed by atoms with van der Waals surface area (Å²) in [6.45, 7) is 9.56. The summed E-state index contributed by atoms with van der Waals surface area (Å²) in [5.74, 6) is 0. The van der Waals surface area contributed by atoms with Gasteiger partial charge in [-0.2, -0.15) is 0 Å². The molecular weight excluding hydrogens is 242 g/mol. The zero-order valence-electron chi connectivity index (χ0n) is 12.1. The van der Waals surface area contributed by atoms with Gasteiger partial charge in [-0.25, -0.2) is 0 Å². The van der Waals surface area contributed by atoms with Crippen molar-refractivity contribution in [2.75, 3.05) is 23.3 Å². The lowest BCUT2D eigenvalue weighted by Crippen LogP contribution is -2.32. The predicted octanol–water partition coefficient (Wildman–Crippen LogP) is 3.65. The number of rotatable bonds is 7. The molecule has 0 heterocycles. The fourth-order valence-electron chi connectivity index (χ4n) is 2.23. The molecule has 1 aromatic rings. The summed E-state index contributed by atoms with van der Waals surface area (Å²) in [6.07, 6.45) is 0.955. The van der Waals surface area contributed by atoms with E-state index in [1.54, 1.807) is 6.07 Å². The van der Waals surface area contributed by atoms with Gasteiger partial charge in [-0.3, -0.25) is 10.1 Å². The van der Waals surface area contributed by atoms with Gasteiger partial charge in [0.25, 0.3) is 0 Å². The third-order valence-corrected chi connectivity index (χ3v) is 3.34. The van der Waals surface area contributed by atoms with E-state index in [1.165, 1.54) is 0 Å². The van der Waals surface area contributed by atoms with E-state index in [0.29, 0.717) is 17.9 Å². The van der Waals surface area contributed by atoms with Crippen LogP contribution in [-0.4, -0.2) is 24.1 Å². The molecular formula is C14H23N3O2. The Balaban J connectivity index is 3.32. The summed E-state index contributed by atoms with van der Waals surface area (Å²) >= 11 is 0. The maximum atomic E-state index is 11.4. The number of hydrogen-bond donors (Lipinski definition) is 1. The van der Waals surface area contributed by atoms with Gasteiger partial charge in [0.15, 0.2) is 0 Å². The Morgan fingerprint density at radius 1 is 1.37 bits per heavy atom. The first-order valence-electron chi connectivity index (χ1n) is 6.84. The van der Waals surface area contributed by atoms with Crippen molar-refractivity contribution in [3.8, 4) is 0 Å². The molecule has 19 heavy (non-hydrogen) atoms. The molecule has 0 amide bonds. The van der Waals surface area contributed by atoms with Gasteiger partial charge < -0.3 is 10.2 Å². The van der Waals surface area contributed by atoms with Crippen molar-refractivity contribution in [3.05, 3.63) is 28.3 Å². The molecule has 1 atom stereocenters. The van der Waals surface area contributed by atoms with Crippen molar-refractivity contribution in [2.45, 2.75) is 40.2 Å². The number of nitro benzene ring substituents is 1. The highest BCUT2D eigenvalue weighted by molar-refractivity contribution is 5.77. The lowest BCUT2D eigenvalue weighted by atomic mass is 10.1. The number of para-hydroxylation sites is 1. The molecule has 5 heteroatoms. The van der Waals surface area contributed by atoms with Crippen LogP contribution in [0.3, 0.4) is 0 Å². The van der Waals surface area contributed by atoms with Crippen LogP contribution in [0.2, 0.25) is 0 Å². The van der Waals surface area contributed by atoms with Gasteiger partial charge in [-0.05, 0) is 39.3 Å². The zero-order valence-corrected chi connectivity index (χ0v) is 12.1. The molecule has 106 valence electrons. The molecule has 0 aromatic heterocycles. The smallest absolute Gasteiger partial charge is 0.315 e. The van der Waals surface area contributed by atoms with Gasteiger partial charge >= 0.3 is 5.69 Å². The Bertz CT molecular complexity index is 435. The number of nitro groups is 1. The van der Waals surface area contributed by atoms with Crippen LogP contribution in [-0.2, 0) is 0 Å². The normalized spacial score (nSPS) is 12.0. The van der Waals surface area contributed by atoms with E-state index in [9.17, 15) is 10.1 Å². The van der Waals surface area contributed by atoms with Gasteiger partial charge in [-0.15, -0.1) is 0 Å². The van der Waals surface area contributed by atoms with Crippen molar-refractivity contribution in [3.63, 3.8) is 0 Å². The Morgan fingerprint density at radius 2 is 2.05 bits per heavy atom. The van der Waals surface area contributed by atoms with Crippen molar-refractivity contribution < 1.29 is 4.92 Å². The van der Waals surface area contributed by atoms with Crippen LogP contribution in [0.4, 0.5) is 17.1 Å². The van der Waals surface area contributed by atoms with E-state index in [2.05, 4.69) is 24.1 Å². The fraction of sp³-hybridized carbons (Fsp3) is 0.571. The molecule has 5 nitrogen and oxygen atoms in total. The molecule has 0 aliphatic carbocycles. The number of anilines is 2. The van der Waals surface area contributed by atoms with Crippen molar-refractivity contribution in [1.82, 2.24) is 0 Å². The Kier molecular flexibility index (Phi) is 5.60. The third kappa shape index (κ3) is 3.36. The third-order valence-electron chi connectivity index (χ3n) is 3.34. The van der Waals surface area contributed by atoms with Crippen molar-refractivity contribution in [1.29, 1.82) is 0 Å². The summed E-state index contributed by atoms with van der Waals surface area (Å²) in [5.41, 5.74) is 1.46. The topological polar surface area (TPSA) is 58.4 Å². The highest BCUT2D eigenvalue weighted by atomic mass is 16.6. The molecule has 1 N–H and O–H groups in total. The highest BCUT2D eigenvalue weighted by Gasteiger charge is 2.24. The molecule has 1 unspecified atom stereocenters. The molecule has 0 saturated heterocycles. The molecule has 0 fully saturated rings. The molecule has 0 aliphatic heterocycles. The maximum Gasteiger partial charge on any atom is 0.315 e. The Hall–Kier alpha value is -1.78. The van der Waals surface area contributed by atoms with Crippen LogP contribution < -0.4 is 10.2 Å². The largest absolute Gasteiger partial charge is 0.380 e. The van der Waals surface area contributed by atoms with Crippen LogP contribution in [0.5, 0.6) is 0 Å². The lowest BCUT2D eigenvalue weighted by molar-refractivity contribution is -0.383. The minimum absolute atomic E-state index is 0.173. The molecule has 1 rings (SSSR count). The molecule has 0 spiro atoms. The minimum Gasteiger partial charge on any atom is -0.380 e. The molecule has 0 saturated carbocycles. The van der Waals surface area contributed by atoms with Crippen LogP contribution >= 0.6 is 0 Å². The second-order valence-electron chi connectivity index (χ2n) is 4.50. The quantitative estimate of drug-likeness (QED) is 0.604. The fourth-order valence-corrected chi connectivity index (χ4v) is 2.23. The van der Waals surface area contributed by atoms with E-state index in [1.807, 2.05) is 26.0 Å². The number of benzene rings is 1. The van der Waals surface area contributed by atoms with Gasteiger partial charge in [0.05, 0.1) is 4.92 Å². The lowest BCUT2D eigenvalue weighted by Gasteiger charge is -2.29. The van der Waals surface area contributed by atoms with Gasteiger partial charge in [0.2, 0.25) is 0 Å². The van der Waals surface area contributed by atoms with E-state index >= 15 is 0 Å². The second-order valence-corrected chi connectivity index (χ2v) is 4.50. The summed E-state index contributed by atoms with van der Waals surface area (Å²) in [5, 5.41) is 14.5. The number of hydrogen-bond acceptors (Lipinski definition) is 4. The first kappa shape index (κ1) is 15.3. The van der Waals surface area contributed by atoms with Gasteiger partial charge in [0, 0.05) is 19.1 Å². The predicted molar refractivity (Wildman–Crippen MR) is 80.0 cm³/mol. The summed E-state index contributed by atoms with van der Waals surface area (Å²) in [4.78, 5) is 13.2. The number of nitrogens with zero attached hydrogens (tertiary/aromatic N) is 2. The van der Waals surface area contributed by atoms with E-state index < -0.39 is 0 Å². The van der Waals surface area contributed by atoms with Gasteiger partial charge in [-0.1, -0.05) is 13.0 Å². The SMILES string of the molecule is CCNc1cccc(N(CC)C(C)CC)c1[N+](=O)[O-]. The molecule has 0 radical (unpaired) electrons. The van der Waals surface area contributed by atoms with E-state index in [4.69, 9.17) is 0 Å². The Morgan fingerprint density at radius 3 is 2.53 bits per heavy atom. The van der Waals surface area contributed by atoms with E-state index in [-0.39, 0.29) is 16.7 Å². The molecule has 0 bridgehead atoms. The standard InChI is InChI=1S/C14H23N3O2/c1-5-11(4)16(7-3)13-10-8-9-12(15-6-2)14(13)17(18)19/h8-11,15H,5-7H2,1-4H3. The first-order valence-corrected chi connectivity index (χ1v) is 6.84. The average molecular weight is 265 g/mol. The molecule has 1 aromatic carbocycles.